The first-order valence-electron chi connectivity index (χ1n) is 6.14. The van der Waals surface area contributed by atoms with E-state index in [0.717, 1.165) is 23.6 Å². The Balaban J connectivity index is 2.52. The molecule has 0 aliphatic carbocycles. The van der Waals surface area contributed by atoms with Crippen LogP contribution < -0.4 is 14.8 Å². The van der Waals surface area contributed by atoms with E-state index in [1.165, 1.54) is 24.0 Å². The van der Waals surface area contributed by atoms with Crippen molar-refractivity contribution in [3.8, 4) is 11.5 Å². The predicted molar refractivity (Wildman–Crippen MR) is 69.0 cm³/mol. The van der Waals surface area contributed by atoms with E-state index in [-0.39, 0.29) is 0 Å². The van der Waals surface area contributed by atoms with Gasteiger partial charge < -0.3 is 14.8 Å². The zero-order chi connectivity index (χ0) is 12.4. The zero-order valence-corrected chi connectivity index (χ0v) is 11.1. The molecule has 3 heteroatoms. The summed E-state index contributed by atoms with van der Waals surface area (Å²) in [6.45, 7) is 5.27. The Morgan fingerprint density at radius 2 is 2.00 bits per heavy atom. The summed E-state index contributed by atoms with van der Waals surface area (Å²) in [6.07, 6.45) is 2.42. The van der Waals surface area contributed by atoms with Gasteiger partial charge in [-0.2, -0.15) is 0 Å². The number of ether oxygens (including phenoxy) is 2. The lowest BCUT2D eigenvalue weighted by molar-refractivity contribution is 0.380. The molecule has 1 saturated heterocycles. The van der Waals surface area contributed by atoms with Crippen molar-refractivity contribution >= 4 is 0 Å². The van der Waals surface area contributed by atoms with Gasteiger partial charge in [0.2, 0.25) is 0 Å². The minimum Gasteiger partial charge on any atom is -0.496 e. The molecule has 94 valence electrons. The van der Waals surface area contributed by atoms with Gasteiger partial charge in [0.05, 0.1) is 14.2 Å². The molecule has 1 aliphatic rings. The molecule has 1 aromatic carbocycles. The van der Waals surface area contributed by atoms with Gasteiger partial charge in [-0.05, 0) is 44.9 Å². The van der Waals surface area contributed by atoms with Gasteiger partial charge in [0.15, 0.2) is 0 Å². The number of benzene rings is 1. The summed E-state index contributed by atoms with van der Waals surface area (Å²) in [6, 6.07) is 2.53. The van der Waals surface area contributed by atoms with Crippen LogP contribution in [0.5, 0.6) is 11.5 Å². The summed E-state index contributed by atoms with van der Waals surface area (Å²) >= 11 is 0. The van der Waals surface area contributed by atoms with Crippen LogP contribution >= 0.6 is 0 Å². The molecular weight excluding hydrogens is 214 g/mol. The molecule has 1 fully saturated rings. The molecule has 1 N–H and O–H groups in total. The Morgan fingerprint density at radius 3 is 2.53 bits per heavy atom. The van der Waals surface area contributed by atoms with Gasteiger partial charge >= 0.3 is 0 Å². The number of rotatable bonds is 3. The fourth-order valence-electron chi connectivity index (χ4n) is 2.71. The Hall–Kier alpha value is -1.22. The van der Waals surface area contributed by atoms with Crippen molar-refractivity contribution in [1.29, 1.82) is 0 Å². The lowest BCUT2D eigenvalue weighted by Gasteiger charge is -2.21. The van der Waals surface area contributed by atoms with Crippen LogP contribution in [0.3, 0.4) is 0 Å². The zero-order valence-electron chi connectivity index (χ0n) is 11.1. The van der Waals surface area contributed by atoms with E-state index in [9.17, 15) is 0 Å². The van der Waals surface area contributed by atoms with Crippen LogP contribution in [0.15, 0.2) is 6.07 Å². The van der Waals surface area contributed by atoms with Gasteiger partial charge in [-0.25, -0.2) is 0 Å². The van der Waals surface area contributed by atoms with Crippen LogP contribution in [-0.2, 0) is 0 Å². The van der Waals surface area contributed by atoms with Crippen molar-refractivity contribution < 1.29 is 9.47 Å². The molecule has 1 atom stereocenters. The van der Waals surface area contributed by atoms with Crippen LogP contribution in [0.25, 0.3) is 0 Å². The smallest absolute Gasteiger partial charge is 0.130 e. The van der Waals surface area contributed by atoms with Crippen molar-refractivity contribution in [1.82, 2.24) is 5.32 Å². The maximum atomic E-state index is 5.59. The molecule has 1 heterocycles. The molecule has 2 rings (SSSR count). The highest BCUT2D eigenvalue weighted by Gasteiger charge is 2.24. The Labute approximate surface area is 103 Å². The summed E-state index contributed by atoms with van der Waals surface area (Å²) in [5.74, 6) is 1.88. The largest absolute Gasteiger partial charge is 0.496 e. The summed E-state index contributed by atoms with van der Waals surface area (Å²) < 4.78 is 11.0. The molecule has 0 bridgehead atoms. The summed E-state index contributed by atoms with van der Waals surface area (Å²) in [5.41, 5.74) is 3.62. The third-order valence-electron chi connectivity index (χ3n) is 3.56. The second kappa shape index (κ2) is 4.96. The van der Waals surface area contributed by atoms with Crippen molar-refractivity contribution in [2.75, 3.05) is 20.8 Å². The number of hydrogen-bond donors (Lipinski definition) is 1. The Morgan fingerprint density at radius 1 is 1.24 bits per heavy atom. The monoisotopic (exact) mass is 235 g/mol. The molecule has 0 amide bonds. The van der Waals surface area contributed by atoms with E-state index in [2.05, 4.69) is 25.2 Å². The van der Waals surface area contributed by atoms with Crippen molar-refractivity contribution in [3.05, 3.63) is 22.8 Å². The fourth-order valence-corrected chi connectivity index (χ4v) is 2.71. The van der Waals surface area contributed by atoms with E-state index in [0.29, 0.717) is 6.04 Å². The summed E-state index contributed by atoms with van der Waals surface area (Å²) in [4.78, 5) is 0. The summed E-state index contributed by atoms with van der Waals surface area (Å²) in [7, 11) is 3.44. The molecule has 0 saturated carbocycles. The lowest BCUT2D eigenvalue weighted by Crippen LogP contribution is -2.16. The average Bonchev–Trinajstić information content (AvgIpc) is 2.84. The first kappa shape index (κ1) is 12.2. The number of hydrogen-bond acceptors (Lipinski definition) is 3. The molecule has 1 unspecified atom stereocenters. The lowest BCUT2D eigenvalue weighted by atomic mass is 9.95. The standard InChI is InChI=1S/C14H21NO2/c1-9-8-12(16-3)10(2)14(17-4)13(9)11-6-5-7-15-11/h8,11,15H,5-7H2,1-4H3. The quantitative estimate of drug-likeness (QED) is 0.874. The van der Waals surface area contributed by atoms with Crippen LogP contribution in [0, 0.1) is 13.8 Å². The van der Waals surface area contributed by atoms with Gasteiger partial charge in [0.25, 0.3) is 0 Å². The molecule has 0 aromatic heterocycles. The van der Waals surface area contributed by atoms with Gasteiger partial charge in [-0.3, -0.25) is 0 Å². The maximum absolute atomic E-state index is 5.59. The molecule has 0 spiro atoms. The minimum atomic E-state index is 0.426. The highest BCUT2D eigenvalue weighted by Crippen LogP contribution is 2.40. The third-order valence-corrected chi connectivity index (χ3v) is 3.56. The highest BCUT2D eigenvalue weighted by atomic mass is 16.5. The fraction of sp³-hybridized carbons (Fsp3) is 0.571. The average molecular weight is 235 g/mol. The molecule has 1 aliphatic heterocycles. The van der Waals surface area contributed by atoms with E-state index >= 15 is 0 Å². The second-order valence-electron chi connectivity index (χ2n) is 4.62. The molecule has 3 nitrogen and oxygen atoms in total. The molecule has 17 heavy (non-hydrogen) atoms. The second-order valence-corrected chi connectivity index (χ2v) is 4.62. The maximum Gasteiger partial charge on any atom is 0.130 e. The normalized spacial score (nSPS) is 19.4. The number of methoxy groups -OCH3 is 2. The van der Waals surface area contributed by atoms with Crippen molar-refractivity contribution in [2.45, 2.75) is 32.7 Å². The first-order valence-corrected chi connectivity index (χ1v) is 6.14. The minimum absolute atomic E-state index is 0.426. The number of aryl methyl sites for hydroxylation is 1. The van der Waals surface area contributed by atoms with Gasteiger partial charge in [0.1, 0.15) is 11.5 Å². The van der Waals surface area contributed by atoms with Crippen LogP contribution in [0.2, 0.25) is 0 Å². The predicted octanol–water partition coefficient (Wildman–Crippen LogP) is 2.75. The van der Waals surface area contributed by atoms with Crippen molar-refractivity contribution in [2.24, 2.45) is 0 Å². The van der Waals surface area contributed by atoms with Crippen molar-refractivity contribution in [3.63, 3.8) is 0 Å². The van der Waals surface area contributed by atoms with Gasteiger partial charge in [-0.15, -0.1) is 0 Å². The highest BCUT2D eigenvalue weighted by molar-refractivity contribution is 5.54. The Bertz CT molecular complexity index is 409. The SMILES string of the molecule is COc1cc(C)c(C2CCCN2)c(OC)c1C. The van der Waals surface area contributed by atoms with E-state index in [4.69, 9.17) is 9.47 Å². The van der Waals surface area contributed by atoms with E-state index in [1.807, 2.05) is 0 Å². The topological polar surface area (TPSA) is 30.5 Å². The van der Waals surface area contributed by atoms with Gasteiger partial charge in [0, 0.05) is 17.2 Å². The third kappa shape index (κ3) is 2.12. The first-order chi connectivity index (χ1) is 8.19. The molecular formula is C14H21NO2. The van der Waals surface area contributed by atoms with Crippen LogP contribution in [0.1, 0.15) is 35.6 Å². The number of nitrogens with one attached hydrogen (secondary N) is 1. The Kier molecular flexibility index (Phi) is 3.57. The van der Waals surface area contributed by atoms with E-state index in [1.54, 1.807) is 14.2 Å². The van der Waals surface area contributed by atoms with E-state index < -0.39 is 0 Å². The van der Waals surface area contributed by atoms with Crippen LogP contribution in [0.4, 0.5) is 0 Å². The molecule has 0 radical (unpaired) electrons. The van der Waals surface area contributed by atoms with Gasteiger partial charge in [-0.1, -0.05) is 0 Å². The van der Waals surface area contributed by atoms with Crippen LogP contribution in [-0.4, -0.2) is 20.8 Å². The molecule has 1 aromatic rings. The summed E-state index contributed by atoms with van der Waals surface area (Å²) in [5, 5.41) is 3.53.